The highest BCUT2D eigenvalue weighted by molar-refractivity contribution is 5.85. The van der Waals surface area contributed by atoms with Gasteiger partial charge in [-0.25, -0.2) is 0 Å². The molecule has 0 spiro atoms. The summed E-state index contributed by atoms with van der Waals surface area (Å²) in [6.45, 7) is 2.69. The number of halogens is 1. The molecule has 0 radical (unpaired) electrons. The molecule has 4 heteroatoms. The highest BCUT2D eigenvalue weighted by Gasteiger charge is 2.25. The number of hydrogen-bond donors (Lipinski definition) is 2. The maximum atomic E-state index is 12.1. The summed E-state index contributed by atoms with van der Waals surface area (Å²) >= 11 is 0. The largest absolute Gasteiger partial charge is 0.355 e. The molecule has 1 aliphatic heterocycles. The Bertz CT molecular complexity index is 458. The summed E-state index contributed by atoms with van der Waals surface area (Å²) in [4.78, 5) is 12.1. The lowest BCUT2D eigenvalue weighted by Gasteiger charge is -2.23. The van der Waals surface area contributed by atoms with E-state index in [1.807, 2.05) is 0 Å². The van der Waals surface area contributed by atoms with Gasteiger partial charge in [0.15, 0.2) is 0 Å². The Morgan fingerprint density at radius 3 is 2.95 bits per heavy atom. The van der Waals surface area contributed by atoms with Gasteiger partial charge in [-0.15, -0.1) is 12.4 Å². The monoisotopic (exact) mass is 294 g/mol. The minimum Gasteiger partial charge on any atom is -0.355 e. The van der Waals surface area contributed by atoms with Crippen molar-refractivity contribution in [2.45, 2.75) is 31.6 Å². The van der Waals surface area contributed by atoms with Gasteiger partial charge in [0.1, 0.15) is 0 Å². The number of rotatable bonds is 3. The summed E-state index contributed by atoms with van der Waals surface area (Å²) in [6.07, 6.45) is 4.47. The molecule has 1 fully saturated rings. The van der Waals surface area contributed by atoms with Crippen LogP contribution < -0.4 is 10.6 Å². The van der Waals surface area contributed by atoms with Crippen LogP contribution in [0.5, 0.6) is 0 Å². The molecule has 1 aliphatic carbocycles. The molecule has 3 rings (SSSR count). The first-order valence-electron chi connectivity index (χ1n) is 7.41. The summed E-state index contributed by atoms with van der Waals surface area (Å²) in [5.74, 6) is 0.915. The lowest BCUT2D eigenvalue weighted by atomic mass is 9.97. The van der Waals surface area contributed by atoms with Gasteiger partial charge in [-0.2, -0.15) is 0 Å². The van der Waals surface area contributed by atoms with Crippen LogP contribution >= 0.6 is 12.4 Å². The number of benzene rings is 1. The first-order valence-corrected chi connectivity index (χ1v) is 7.41. The first kappa shape index (κ1) is 15.3. The van der Waals surface area contributed by atoms with Crippen LogP contribution in [0.15, 0.2) is 24.3 Å². The second kappa shape index (κ2) is 7.09. The molecule has 0 saturated carbocycles. The Labute approximate surface area is 126 Å². The van der Waals surface area contributed by atoms with Crippen LogP contribution in [0.25, 0.3) is 0 Å². The van der Waals surface area contributed by atoms with Crippen LogP contribution in [0.4, 0.5) is 0 Å². The Morgan fingerprint density at radius 1 is 1.30 bits per heavy atom. The van der Waals surface area contributed by atoms with Gasteiger partial charge in [-0.3, -0.25) is 4.79 Å². The molecule has 2 aliphatic rings. The van der Waals surface area contributed by atoms with E-state index in [9.17, 15) is 4.79 Å². The van der Waals surface area contributed by atoms with E-state index in [4.69, 9.17) is 0 Å². The lowest BCUT2D eigenvalue weighted by Crippen LogP contribution is -2.41. The molecule has 1 amide bonds. The number of nitrogens with one attached hydrogen (secondary N) is 2. The molecule has 3 nitrogen and oxygen atoms in total. The first-order chi connectivity index (χ1) is 9.34. The zero-order chi connectivity index (χ0) is 13.1. The van der Waals surface area contributed by atoms with Crippen LogP contribution in [-0.4, -0.2) is 25.5 Å². The summed E-state index contributed by atoms with van der Waals surface area (Å²) < 4.78 is 0. The van der Waals surface area contributed by atoms with E-state index in [-0.39, 0.29) is 24.2 Å². The third-order valence-electron chi connectivity index (χ3n) is 4.45. The molecule has 1 aromatic rings. The molecule has 1 aromatic carbocycles. The second-order valence-electron chi connectivity index (χ2n) is 5.72. The van der Waals surface area contributed by atoms with Crippen LogP contribution in [0.1, 0.15) is 36.3 Å². The summed E-state index contributed by atoms with van der Waals surface area (Å²) in [7, 11) is 0. The molecule has 0 aromatic heterocycles. The van der Waals surface area contributed by atoms with Crippen molar-refractivity contribution >= 4 is 18.3 Å². The van der Waals surface area contributed by atoms with Crippen molar-refractivity contribution in [3.63, 3.8) is 0 Å². The van der Waals surface area contributed by atoms with Crippen molar-refractivity contribution in [3.05, 3.63) is 35.4 Å². The average Bonchev–Trinajstić information content (AvgIpc) is 2.89. The maximum absolute atomic E-state index is 12.1. The summed E-state index contributed by atoms with van der Waals surface area (Å²) in [6, 6.07) is 8.63. The van der Waals surface area contributed by atoms with Gasteiger partial charge >= 0.3 is 0 Å². The molecule has 1 saturated heterocycles. The SMILES string of the molecule is Cl.O=C(NCC1CCc2ccccc21)C1CCCNC1. The predicted octanol–water partition coefficient (Wildman–Crippen LogP) is 2.25. The number of hydrogen-bond acceptors (Lipinski definition) is 2. The van der Waals surface area contributed by atoms with Gasteiger partial charge in [0, 0.05) is 19.0 Å². The topological polar surface area (TPSA) is 41.1 Å². The zero-order valence-corrected chi connectivity index (χ0v) is 12.5. The third kappa shape index (κ3) is 3.33. The van der Waals surface area contributed by atoms with Gasteiger partial charge < -0.3 is 10.6 Å². The normalized spacial score (nSPS) is 24.6. The van der Waals surface area contributed by atoms with Crippen LogP contribution in [-0.2, 0) is 11.2 Å². The molecular formula is C16H23ClN2O. The van der Waals surface area contributed by atoms with Crippen molar-refractivity contribution < 1.29 is 4.79 Å². The fourth-order valence-electron chi connectivity index (χ4n) is 3.30. The fourth-order valence-corrected chi connectivity index (χ4v) is 3.30. The minimum atomic E-state index is 0. The van der Waals surface area contributed by atoms with Crippen LogP contribution in [0.3, 0.4) is 0 Å². The van der Waals surface area contributed by atoms with E-state index in [1.54, 1.807) is 0 Å². The smallest absolute Gasteiger partial charge is 0.224 e. The van der Waals surface area contributed by atoms with Crippen LogP contribution in [0, 0.1) is 5.92 Å². The van der Waals surface area contributed by atoms with Gasteiger partial charge in [0.05, 0.1) is 5.92 Å². The highest BCUT2D eigenvalue weighted by atomic mass is 35.5. The Balaban J connectivity index is 0.00000147. The third-order valence-corrected chi connectivity index (χ3v) is 4.45. The molecule has 2 N–H and O–H groups in total. The number of aryl methyl sites for hydroxylation is 1. The number of carbonyl (C=O) groups excluding carboxylic acids is 1. The Hall–Kier alpha value is -1.06. The van der Waals surface area contributed by atoms with Gasteiger partial charge in [-0.1, -0.05) is 24.3 Å². The molecular weight excluding hydrogens is 272 g/mol. The number of amides is 1. The molecule has 2 unspecified atom stereocenters. The molecule has 110 valence electrons. The molecule has 2 atom stereocenters. The predicted molar refractivity (Wildman–Crippen MR) is 83.4 cm³/mol. The lowest BCUT2D eigenvalue weighted by molar-refractivity contribution is -0.125. The molecule has 0 bridgehead atoms. The zero-order valence-electron chi connectivity index (χ0n) is 11.7. The van der Waals surface area contributed by atoms with Gasteiger partial charge in [-0.05, 0) is 43.4 Å². The fraction of sp³-hybridized carbons (Fsp3) is 0.562. The van der Waals surface area contributed by atoms with Crippen molar-refractivity contribution in [2.75, 3.05) is 19.6 Å². The van der Waals surface area contributed by atoms with Crippen molar-refractivity contribution in [1.29, 1.82) is 0 Å². The van der Waals surface area contributed by atoms with E-state index >= 15 is 0 Å². The second-order valence-corrected chi connectivity index (χ2v) is 5.72. The van der Waals surface area contributed by atoms with E-state index in [2.05, 4.69) is 34.9 Å². The molecule has 1 heterocycles. The highest BCUT2D eigenvalue weighted by Crippen LogP contribution is 2.32. The van der Waals surface area contributed by atoms with E-state index < -0.39 is 0 Å². The number of fused-ring (bicyclic) bond motifs is 1. The van der Waals surface area contributed by atoms with Crippen molar-refractivity contribution in [1.82, 2.24) is 10.6 Å². The van der Waals surface area contributed by atoms with E-state index in [1.165, 1.54) is 17.5 Å². The van der Waals surface area contributed by atoms with E-state index in [0.717, 1.165) is 38.9 Å². The maximum Gasteiger partial charge on any atom is 0.224 e. The Kier molecular flexibility index (Phi) is 5.44. The number of piperidine rings is 1. The summed E-state index contributed by atoms with van der Waals surface area (Å²) in [5, 5.41) is 6.45. The van der Waals surface area contributed by atoms with Crippen molar-refractivity contribution in [3.8, 4) is 0 Å². The van der Waals surface area contributed by atoms with Gasteiger partial charge in [0.25, 0.3) is 0 Å². The van der Waals surface area contributed by atoms with Crippen LogP contribution in [0.2, 0.25) is 0 Å². The summed E-state index contributed by atoms with van der Waals surface area (Å²) in [5.41, 5.74) is 2.89. The average molecular weight is 295 g/mol. The Morgan fingerprint density at radius 2 is 2.15 bits per heavy atom. The van der Waals surface area contributed by atoms with E-state index in [0.29, 0.717) is 5.92 Å². The van der Waals surface area contributed by atoms with Crippen molar-refractivity contribution in [2.24, 2.45) is 5.92 Å². The number of carbonyl (C=O) groups is 1. The standard InChI is InChI=1S/C16H22N2O.ClH/c19-16(14-5-3-9-17-10-14)18-11-13-8-7-12-4-1-2-6-15(12)13;/h1-2,4,6,13-14,17H,3,5,7-11H2,(H,18,19);1H. The van der Waals surface area contributed by atoms with Gasteiger partial charge in [0.2, 0.25) is 5.91 Å². The minimum absolute atomic E-state index is 0. The molecule has 20 heavy (non-hydrogen) atoms. The quantitative estimate of drug-likeness (QED) is 0.898.